The topological polar surface area (TPSA) is 67.0 Å². The van der Waals surface area contributed by atoms with Crippen LogP contribution in [0.1, 0.15) is 5.69 Å². The summed E-state index contributed by atoms with van der Waals surface area (Å²) in [6.07, 6.45) is 2.46. The molecule has 1 aromatic heterocycles. The third-order valence-corrected chi connectivity index (χ3v) is 2.92. The van der Waals surface area contributed by atoms with Gasteiger partial charge in [-0.1, -0.05) is 29.3 Å². The van der Waals surface area contributed by atoms with Crippen LogP contribution in [-0.4, -0.2) is 16.1 Å². The molecule has 0 aliphatic heterocycles. The minimum absolute atomic E-state index is 0.101. The number of aromatic nitrogens is 2. The zero-order valence-electron chi connectivity index (χ0n) is 9.11. The van der Waals surface area contributed by atoms with Crippen molar-refractivity contribution in [3.8, 4) is 0 Å². The number of aromatic amines is 1. The van der Waals surface area contributed by atoms with Gasteiger partial charge in [-0.2, -0.15) is 0 Å². The Balaban J connectivity index is 1.93. The van der Waals surface area contributed by atoms with E-state index in [-0.39, 0.29) is 11.6 Å². The molecule has 2 aromatic rings. The van der Waals surface area contributed by atoms with E-state index < -0.39 is 6.09 Å². The fourth-order valence-electron chi connectivity index (χ4n) is 1.25. The van der Waals surface area contributed by atoms with Gasteiger partial charge >= 0.3 is 6.09 Å². The zero-order valence-corrected chi connectivity index (χ0v) is 10.6. The molecule has 94 valence electrons. The van der Waals surface area contributed by atoms with Crippen molar-refractivity contribution in [1.82, 2.24) is 9.97 Å². The van der Waals surface area contributed by atoms with Gasteiger partial charge in [-0.3, -0.25) is 5.32 Å². The molecule has 1 heterocycles. The lowest BCUT2D eigenvalue weighted by molar-refractivity contribution is 0.154. The lowest BCUT2D eigenvalue weighted by Crippen LogP contribution is -2.13. The highest BCUT2D eigenvalue weighted by molar-refractivity contribution is 6.43. The summed E-state index contributed by atoms with van der Waals surface area (Å²) in [4.78, 5) is 18.1. The number of ether oxygens (including phenoxy) is 1. The Morgan fingerprint density at radius 2 is 2.28 bits per heavy atom. The van der Waals surface area contributed by atoms with Crippen molar-refractivity contribution in [2.75, 3.05) is 5.32 Å². The molecule has 0 saturated carbocycles. The number of hydrogen-bond acceptors (Lipinski definition) is 3. The number of benzene rings is 1. The standard InChI is InChI=1S/C11H9Cl2N3O2/c12-8-2-1-3-9(10(8)13)16-11(17)18-5-7-4-14-6-15-7/h1-4,6H,5H2,(H,14,15)(H,16,17). The van der Waals surface area contributed by atoms with E-state index in [2.05, 4.69) is 15.3 Å². The zero-order chi connectivity index (χ0) is 13.0. The molecule has 0 aliphatic carbocycles. The maximum atomic E-state index is 11.5. The maximum absolute atomic E-state index is 11.5. The number of carbonyl (C=O) groups is 1. The van der Waals surface area contributed by atoms with Crippen molar-refractivity contribution in [3.63, 3.8) is 0 Å². The second-order valence-electron chi connectivity index (χ2n) is 3.38. The molecule has 2 rings (SSSR count). The predicted molar refractivity (Wildman–Crippen MR) is 68.9 cm³/mol. The molecule has 0 aliphatic rings. The van der Waals surface area contributed by atoms with Crippen LogP contribution in [0.5, 0.6) is 0 Å². The number of nitrogens with zero attached hydrogens (tertiary/aromatic N) is 1. The summed E-state index contributed by atoms with van der Waals surface area (Å²) in [5.74, 6) is 0. The number of nitrogens with one attached hydrogen (secondary N) is 2. The van der Waals surface area contributed by atoms with Gasteiger partial charge in [0.2, 0.25) is 0 Å². The van der Waals surface area contributed by atoms with Gasteiger partial charge in [-0.05, 0) is 12.1 Å². The van der Waals surface area contributed by atoms with Crippen LogP contribution in [0.2, 0.25) is 10.0 Å². The number of hydrogen-bond donors (Lipinski definition) is 2. The molecule has 7 heteroatoms. The lowest BCUT2D eigenvalue weighted by atomic mass is 10.3. The van der Waals surface area contributed by atoms with Crippen LogP contribution >= 0.6 is 23.2 Å². The van der Waals surface area contributed by atoms with Crippen molar-refractivity contribution in [3.05, 3.63) is 46.5 Å². The average molecular weight is 286 g/mol. The number of anilines is 1. The Hall–Kier alpha value is -1.72. The third-order valence-electron chi connectivity index (χ3n) is 2.10. The quantitative estimate of drug-likeness (QED) is 0.907. The van der Waals surface area contributed by atoms with Gasteiger partial charge < -0.3 is 9.72 Å². The van der Waals surface area contributed by atoms with Crippen LogP contribution in [0.25, 0.3) is 0 Å². The average Bonchev–Trinajstić information content (AvgIpc) is 2.86. The SMILES string of the molecule is O=C(Nc1cccc(Cl)c1Cl)OCc1cnc[nH]1. The lowest BCUT2D eigenvalue weighted by Gasteiger charge is -2.08. The number of halogens is 2. The molecule has 2 N–H and O–H groups in total. The highest BCUT2D eigenvalue weighted by atomic mass is 35.5. The van der Waals surface area contributed by atoms with E-state index in [1.165, 1.54) is 6.33 Å². The first kappa shape index (κ1) is 12.7. The van der Waals surface area contributed by atoms with E-state index in [0.29, 0.717) is 16.4 Å². The first-order valence-corrected chi connectivity index (χ1v) is 5.77. The Labute approximate surface area is 113 Å². The highest BCUT2D eigenvalue weighted by Gasteiger charge is 2.09. The van der Waals surface area contributed by atoms with Gasteiger partial charge in [0.05, 0.1) is 34.0 Å². The summed E-state index contributed by atoms with van der Waals surface area (Å²) in [5, 5.41) is 3.14. The van der Waals surface area contributed by atoms with E-state index >= 15 is 0 Å². The summed E-state index contributed by atoms with van der Waals surface area (Å²) in [7, 11) is 0. The molecule has 0 bridgehead atoms. The van der Waals surface area contributed by atoms with Crippen LogP contribution < -0.4 is 5.32 Å². The van der Waals surface area contributed by atoms with Gasteiger partial charge in [0.1, 0.15) is 6.61 Å². The van der Waals surface area contributed by atoms with Crippen molar-refractivity contribution >= 4 is 35.0 Å². The van der Waals surface area contributed by atoms with Crippen molar-refractivity contribution in [1.29, 1.82) is 0 Å². The van der Waals surface area contributed by atoms with Gasteiger partial charge in [-0.15, -0.1) is 0 Å². The second-order valence-corrected chi connectivity index (χ2v) is 4.16. The fraction of sp³-hybridized carbons (Fsp3) is 0.0909. The molecule has 0 fully saturated rings. The smallest absolute Gasteiger partial charge is 0.412 e. The van der Waals surface area contributed by atoms with Crippen LogP contribution in [0, 0.1) is 0 Å². The molecular formula is C11H9Cl2N3O2. The van der Waals surface area contributed by atoms with Crippen LogP contribution in [0.15, 0.2) is 30.7 Å². The van der Waals surface area contributed by atoms with Gasteiger partial charge in [0.15, 0.2) is 0 Å². The summed E-state index contributed by atoms with van der Waals surface area (Å²) in [5.41, 5.74) is 1.10. The summed E-state index contributed by atoms with van der Waals surface area (Å²) < 4.78 is 4.96. The monoisotopic (exact) mass is 285 g/mol. The number of amides is 1. The summed E-state index contributed by atoms with van der Waals surface area (Å²) in [6.45, 7) is 0.101. The molecule has 0 spiro atoms. The van der Waals surface area contributed by atoms with Crippen molar-refractivity contribution in [2.45, 2.75) is 6.61 Å². The highest BCUT2D eigenvalue weighted by Crippen LogP contribution is 2.29. The molecule has 0 atom stereocenters. The second kappa shape index (κ2) is 5.75. The van der Waals surface area contributed by atoms with Crippen LogP contribution in [-0.2, 0) is 11.3 Å². The summed E-state index contributed by atoms with van der Waals surface area (Å²) in [6, 6.07) is 4.94. The van der Waals surface area contributed by atoms with Gasteiger partial charge in [0.25, 0.3) is 0 Å². The predicted octanol–water partition coefficient (Wildman–Crippen LogP) is 3.47. The van der Waals surface area contributed by atoms with Gasteiger partial charge in [0, 0.05) is 0 Å². The minimum Gasteiger partial charge on any atom is -0.443 e. The third kappa shape index (κ3) is 3.15. The molecule has 5 nitrogen and oxygen atoms in total. The number of H-pyrrole nitrogens is 1. The van der Waals surface area contributed by atoms with E-state index in [9.17, 15) is 4.79 Å². The molecule has 18 heavy (non-hydrogen) atoms. The Bertz CT molecular complexity index is 543. The number of carbonyl (C=O) groups excluding carboxylic acids is 1. The minimum atomic E-state index is -0.617. The molecule has 1 aromatic carbocycles. The normalized spacial score (nSPS) is 10.1. The largest absolute Gasteiger partial charge is 0.443 e. The van der Waals surface area contributed by atoms with Crippen molar-refractivity contribution in [2.24, 2.45) is 0 Å². The van der Waals surface area contributed by atoms with E-state index in [1.807, 2.05) is 0 Å². The molecule has 0 unspecified atom stereocenters. The summed E-state index contributed by atoms with van der Waals surface area (Å²) >= 11 is 11.7. The Kier molecular flexibility index (Phi) is 4.07. The van der Waals surface area contributed by atoms with E-state index in [0.717, 1.165) is 0 Å². The van der Waals surface area contributed by atoms with E-state index in [1.54, 1.807) is 24.4 Å². The van der Waals surface area contributed by atoms with Gasteiger partial charge in [-0.25, -0.2) is 9.78 Å². The molecule has 1 amide bonds. The Morgan fingerprint density at radius 3 is 3.00 bits per heavy atom. The fourth-order valence-corrected chi connectivity index (χ4v) is 1.60. The number of imidazole rings is 1. The Morgan fingerprint density at radius 1 is 1.44 bits per heavy atom. The van der Waals surface area contributed by atoms with E-state index in [4.69, 9.17) is 27.9 Å². The molecule has 0 saturated heterocycles. The molecular weight excluding hydrogens is 277 g/mol. The molecule has 0 radical (unpaired) electrons. The van der Waals surface area contributed by atoms with Crippen LogP contribution in [0.3, 0.4) is 0 Å². The number of rotatable bonds is 3. The van der Waals surface area contributed by atoms with Crippen LogP contribution in [0.4, 0.5) is 10.5 Å². The van der Waals surface area contributed by atoms with Crippen molar-refractivity contribution < 1.29 is 9.53 Å². The first-order valence-electron chi connectivity index (χ1n) is 5.02. The maximum Gasteiger partial charge on any atom is 0.412 e. The first-order chi connectivity index (χ1) is 8.66.